The predicted octanol–water partition coefficient (Wildman–Crippen LogP) is 3.70. The first-order valence-electron chi connectivity index (χ1n) is 7.30. The van der Waals surface area contributed by atoms with Gasteiger partial charge in [-0.15, -0.1) is 0 Å². The van der Waals surface area contributed by atoms with Crippen LogP contribution >= 0.6 is 11.8 Å². The summed E-state index contributed by atoms with van der Waals surface area (Å²) >= 11 is 0.912. The smallest absolute Gasteiger partial charge is 0.298 e. The monoisotopic (exact) mass is 340 g/mol. The minimum Gasteiger partial charge on any atom is -0.508 e. The number of amides is 2. The molecule has 2 amide bonds. The van der Waals surface area contributed by atoms with Crippen molar-refractivity contribution < 1.29 is 14.7 Å². The molecule has 1 fully saturated rings. The number of hydrogen-bond donors (Lipinski definition) is 1. The molecule has 2 aromatic carbocycles. The Labute approximate surface area is 144 Å². The Kier molecular flexibility index (Phi) is 4.31. The summed E-state index contributed by atoms with van der Waals surface area (Å²) in [6.07, 6.45) is 1.71. The van der Waals surface area contributed by atoms with Crippen LogP contribution in [0.1, 0.15) is 5.56 Å². The Bertz CT molecular complexity index is 811. The van der Waals surface area contributed by atoms with Crippen LogP contribution in [-0.4, -0.2) is 30.3 Å². The van der Waals surface area contributed by atoms with E-state index in [0.29, 0.717) is 10.6 Å². The van der Waals surface area contributed by atoms with Crippen molar-refractivity contribution in [2.75, 3.05) is 23.9 Å². The molecule has 2 aromatic rings. The Hall–Kier alpha value is -2.73. The number of carbonyl (C=O) groups excluding carboxylic acids is 2. The van der Waals surface area contributed by atoms with Gasteiger partial charge in [0.25, 0.3) is 11.1 Å². The lowest BCUT2D eigenvalue weighted by Gasteiger charge is -2.12. The third-order valence-corrected chi connectivity index (χ3v) is 4.48. The summed E-state index contributed by atoms with van der Waals surface area (Å²) < 4.78 is 0. The number of anilines is 2. The Balaban J connectivity index is 1.86. The minimum atomic E-state index is -0.354. The van der Waals surface area contributed by atoms with Gasteiger partial charge in [-0.05, 0) is 59.8 Å². The van der Waals surface area contributed by atoms with Gasteiger partial charge >= 0.3 is 0 Å². The van der Waals surface area contributed by atoms with Crippen LogP contribution in [0.25, 0.3) is 6.08 Å². The van der Waals surface area contributed by atoms with E-state index in [2.05, 4.69) is 0 Å². The largest absolute Gasteiger partial charge is 0.508 e. The fourth-order valence-corrected chi connectivity index (χ4v) is 3.15. The van der Waals surface area contributed by atoms with Gasteiger partial charge in [-0.3, -0.25) is 9.59 Å². The van der Waals surface area contributed by atoms with Gasteiger partial charge in [-0.1, -0.05) is 12.1 Å². The SMILES string of the molecule is CN(C)c1ccc(/C=C2\SC(=O)N(c3ccc(O)cc3)C2=O)cc1. The minimum absolute atomic E-state index is 0.0854. The first kappa shape index (κ1) is 16.1. The third-order valence-electron chi connectivity index (χ3n) is 3.61. The predicted molar refractivity (Wildman–Crippen MR) is 97.3 cm³/mol. The number of phenolic OH excluding ortho intramolecular Hbond substituents is 1. The second-order valence-corrected chi connectivity index (χ2v) is 6.51. The van der Waals surface area contributed by atoms with Gasteiger partial charge in [-0.2, -0.15) is 0 Å². The third kappa shape index (κ3) is 3.14. The number of carbonyl (C=O) groups is 2. The van der Waals surface area contributed by atoms with Crippen molar-refractivity contribution in [2.24, 2.45) is 0 Å². The van der Waals surface area contributed by atoms with E-state index in [1.807, 2.05) is 43.3 Å². The standard InChI is InChI=1S/C18H16N2O3S/c1-19(2)13-5-3-12(4-6-13)11-16-17(22)20(18(23)24-16)14-7-9-15(21)10-8-14/h3-11,21H,1-2H3/b16-11-. The van der Waals surface area contributed by atoms with E-state index in [-0.39, 0.29) is 16.9 Å². The van der Waals surface area contributed by atoms with Crippen LogP contribution in [0.3, 0.4) is 0 Å². The highest BCUT2D eigenvalue weighted by molar-refractivity contribution is 8.19. The number of aromatic hydroxyl groups is 1. The quantitative estimate of drug-likeness (QED) is 0.863. The van der Waals surface area contributed by atoms with Crippen LogP contribution in [-0.2, 0) is 4.79 Å². The van der Waals surface area contributed by atoms with E-state index < -0.39 is 0 Å². The van der Waals surface area contributed by atoms with Crippen molar-refractivity contribution in [3.63, 3.8) is 0 Å². The average Bonchev–Trinajstić information content (AvgIpc) is 2.83. The zero-order chi connectivity index (χ0) is 17.3. The highest BCUT2D eigenvalue weighted by atomic mass is 32.2. The van der Waals surface area contributed by atoms with Gasteiger partial charge < -0.3 is 10.0 Å². The summed E-state index contributed by atoms with van der Waals surface area (Å²) in [5.41, 5.74) is 2.36. The molecule has 1 heterocycles. The lowest BCUT2D eigenvalue weighted by molar-refractivity contribution is -0.113. The van der Waals surface area contributed by atoms with Crippen LogP contribution in [0.5, 0.6) is 5.75 Å². The molecular formula is C18H16N2O3S. The molecule has 6 heteroatoms. The molecule has 5 nitrogen and oxygen atoms in total. The molecule has 0 unspecified atom stereocenters. The second-order valence-electron chi connectivity index (χ2n) is 5.52. The summed E-state index contributed by atoms with van der Waals surface area (Å²) in [4.78, 5) is 28.2. The molecule has 0 radical (unpaired) electrons. The van der Waals surface area contributed by atoms with Gasteiger partial charge in [0.2, 0.25) is 0 Å². The van der Waals surface area contributed by atoms with Crippen LogP contribution in [0, 0.1) is 0 Å². The molecule has 1 saturated heterocycles. The van der Waals surface area contributed by atoms with Crippen molar-refractivity contribution >= 4 is 40.4 Å². The lowest BCUT2D eigenvalue weighted by atomic mass is 10.2. The molecule has 3 rings (SSSR count). The van der Waals surface area contributed by atoms with Crippen molar-refractivity contribution in [1.82, 2.24) is 0 Å². The van der Waals surface area contributed by atoms with Crippen LogP contribution in [0.4, 0.5) is 16.2 Å². The molecule has 0 spiro atoms. The van der Waals surface area contributed by atoms with Gasteiger partial charge in [0.1, 0.15) is 5.75 Å². The molecule has 0 atom stereocenters. The number of rotatable bonds is 3. The Morgan fingerprint density at radius 2 is 1.62 bits per heavy atom. The van der Waals surface area contributed by atoms with E-state index in [0.717, 1.165) is 27.9 Å². The van der Waals surface area contributed by atoms with E-state index in [1.165, 1.54) is 12.1 Å². The molecule has 1 N–H and O–H groups in total. The van der Waals surface area contributed by atoms with Crippen LogP contribution in [0.2, 0.25) is 0 Å². The maximum absolute atomic E-state index is 12.5. The van der Waals surface area contributed by atoms with Gasteiger partial charge in [0.15, 0.2) is 0 Å². The summed E-state index contributed by atoms with van der Waals surface area (Å²) in [7, 11) is 3.91. The van der Waals surface area contributed by atoms with Crippen LogP contribution < -0.4 is 9.80 Å². The van der Waals surface area contributed by atoms with Crippen molar-refractivity contribution in [3.8, 4) is 5.75 Å². The number of thioether (sulfide) groups is 1. The van der Waals surface area contributed by atoms with Crippen molar-refractivity contribution in [2.45, 2.75) is 0 Å². The summed E-state index contributed by atoms with van der Waals surface area (Å²) in [6.45, 7) is 0. The first-order chi connectivity index (χ1) is 11.5. The molecule has 0 aromatic heterocycles. The van der Waals surface area contributed by atoms with E-state index in [9.17, 15) is 14.7 Å². The maximum Gasteiger partial charge on any atom is 0.298 e. The maximum atomic E-state index is 12.5. The van der Waals surface area contributed by atoms with Gasteiger partial charge in [-0.25, -0.2) is 4.90 Å². The Morgan fingerprint density at radius 3 is 2.21 bits per heavy atom. The van der Waals surface area contributed by atoms with Crippen molar-refractivity contribution in [1.29, 1.82) is 0 Å². The normalized spacial score (nSPS) is 16.1. The molecule has 0 saturated carbocycles. The Morgan fingerprint density at radius 1 is 1.00 bits per heavy atom. The molecule has 0 bridgehead atoms. The topological polar surface area (TPSA) is 60.9 Å². The fraction of sp³-hybridized carbons (Fsp3) is 0.111. The van der Waals surface area contributed by atoms with Gasteiger partial charge in [0.05, 0.1) is 10.6 Å². The zero-order valence-corrected chi connectivity index (χ0v) is 14.1. The number of imide groups is 1. The molecular weight excluding hydrogens is 324 g/mol. The summed E-state index contributed by atoms with van der Waals surface area (Å²) in [5, 5.41) is 8.99. The molecule has 122 valence electrons. The van der Waals surface area contributed by atoms with E-state index >= 15 is 0 Å². The number of hydrogen-bond acceptors (Lipinski definition) is 5. The number of benzene rings is 2. The van der Waals surface area contributed by atoms with Crippen molar-refractivity contribution in [3.05, 3.63) is 59.0 Å². The summed E-state index contributed by atoms with van der Waals surface area (Å²) in [6, 6.07) is 13.7. The lowest BCUT2D eigenvalue weighted by Crippen LogP contribution is -2.27. The van der Waals surface area contributed by atoms with Gasteiger partial charge in [0, 0.05) is 19.8 Å². The zero-order valence-electron chi connectivity index (χ0n) is 13.3. The van der Waals surface area contributed by atoms with Crippen LogP contribution in [0.15, 0.2) is 53.4 Å². The highest BCUT2D eigenvalue weighted by Crippen LogP contribution is 2.36. The molecule has 0 aliphatic carbocycles. The first-order valence-corrected chi connectivity index (χ1v) is 8.12. The molecule has 24 heavy (non-hydrogen) atoms. The molecule has 1 aliphatic rings. The number of nitrogens with zero attached hydrogens (tertiary/aromatic N) is 2. The van der Waals surface area contributed by atoms with E-state index in [1.54, 1.807) is 18.2 Å². The van der Waals surface area contributed by atoms with E-state index in [4.69, 9.17) is 0 Å². The average molecular weight is 340 g/mol. The number of phenols is 1. The second kappa shape index (κ2) is 6.41. The summed E-state index contributed by atoms with van der Waals surface area (Å²) in [5.74, 6) is -0.269. The highest BCUT2D eigenvalue weighted by Gasteiger charge is 2.36. The molecule has 1 aliphatic heterocycles. The fourth-order valence-electron chi connectivity index (χ4n) is 2.31.